The molecule has 2 aromatic rings. The van der Waals surface area contributed by atoms with E-state index >= 15 is 0 Å². The van der Waals surface area contributed by atoms with Crippen molar-refractivity contribution in [1.29, 1.82) is 5.26 Å². The second kappa shape index (κ2) is 5.51. The van der Waals surface area contributed by atoms with Gasteiger partial charge in [-0.25, -0.2) is 4.79 Å². The maximum atomic E-state index is 11.8. The Labute approximate surface area is 134 Å². The summed E-state index contributed by atoms with van der Waals surface area (Å²) in [6.07, 6.45) is 0.800. The molecule has 0 amide bonds. The molecular weight excluding hydrogens is 352 g/mol. The summed E-state index contributed by atoms with van der Waals surface area (Å²) in [5, 5.41) is 20.9. The van der Waals surface area contributed by atoms with E-state index in [0.717, 1.165) is 16.9 Å². The fraction of sp³-hybridized carbons (Fsp3) is 0.200. The summed E-state index contributed by atoms with van der Waals surface area (Å²) >= 11 is 4.95. The van der Waals surface area contributed by atoms with Crippen LogP contribution in [0.15, 0.2) is 34.1 Å². The molecule has 1 aliphatic rings. The largest absolute Gasteiger partial charge is 0.479 e. The van der Waals surface area contributed by atoms with Crippen LogP contribution in [0.25, 0.3) is 0 Å². The number of rotatable bonds is 2. The van der Waals surface area contributed by atoms with Crippen molar-refractivity contribution in [3.8, 4) is 6.07 Å². The van der Waals surface area contributed by atoms with Crippen molar-refractivity contribution in [2.24, 2.45) is 0 Å². The maximum Gasteiger partial charge on any atom is 0.331 e. The Bertz CT molecular complexity index is 750. The lowest BCUT2D eigenvalue weighted by Crippen LogP contribution is -2.39. The van der Waals surface area contributed by atoms with Crippen molar-refractivity contribution >= 4 is 38.9 Å². The standard InChI is InChI=1S/C15H11BrN2O2S/c16-11-2-1-3-12(10(11)8-17)18-6-4-13-9(5-7-21-13)14(18)15(19)20/h1-3,5,7,14H,4,6H2,(H,19,20). The van der Waals surface area contributed by atoms with E-state index in [-0.39, 0.29) is 0 Å². The van der Waals surface area contributed by atoms with Gasteiger partial charge in [0, 0.05) is 15.9 Å². The lowest BCUT2D eigenvalue weighted by Gasteiger charge is -2.35. The van der Waals surface area contributed by atoms with Gasteiger partial charge < -0.3 is 10.0 Å². The van der Waals surface area contributed by atoms with Crippen LogP contribution in [0.1, 0.15) is 22.0 Å². The zero-order valence-electron chi connectivity index (χ0n) is 10.9. The molecule has 4 nitrogen and oxygen atoms in total. The average Bonchev–Trinajstić information content (AvgIpc) is 2.93. The third kappa shape index (κ3) is 2.33. The van der Waals surface area contributed by atoms with E-state index in [1.807, 2.05) is 17.5 Å². The van der Waals surface area contributed by atoms with E-state index in [0.29, 0.717) is 22.3 Å². The molecule has 0 spiro atoms. The van der Waals surface area contributed by atoms with Gasteiger partial charge in [-0.1, -0.05) is 6.07 Å². The van der Waals surface area contributed by atoms with Gasteiger partial charge in [-0.2, -0.15) is 5.26 Å². The number of anilines is 1. The fourth-order valence-electron chi connectivity index (χ4n) is 2.70. The van der Waals surface area contributed by atoms with Crippen molar-refractivity contribution in [2.75, 3.05) is 11.4 Å². The van der Waals surface area contributed by atoms with Crippen LogP contribution in [0.3, 0.4) is 0 Å². The van der Waals surface area contributed by atoms with Crippen molar-refractivity contribution in [2.45, 2.75) is 12.5 Å². The number of thiophene rings is 1. The van der Waals surface area contributed by atoms with E-state index in [4.69, 9.17) is 0 Å². The van der Waals surface area contributed by atoms with Crippen LogP contribution < -0.4 is 4.90 Å². The molecule has 0 fully saturated rings. The molecule has 3 rings (SSSR count). The number of halogens is 1. The Morgan fingerprint density at radius 3 is 3.00 bits per heavy atom. The van der Waals surface area contributed by atoms with Crippen LogP contribution in [0.2, 0.25) is 0 Å². The number of carbonyl (C=O) groups is 1. The third-order valence-corrected chi connectivity index (χ3v) is 5.27. The Morgan fingerprint density at radius 1 is 1.48 bits per heavy atom. The number of carboxylic acid groups (broad SMARTS) is 1. The lowest BCUT2D eigenvalue weighted by atomic mass is 9.98. The molecule has 1 aromatic carbocycles. The number of hydrogen-bond donors (Lipinski definition) is 1. The molecule has 1 N–H and O–H groups in total. The van der Waals surface area contributed by atoms with Gasteiger partial charge in [0.1, 0.15) is 6.07 Å². The predicted octanol–water partition coefficient (Wildman–Crippen LogP) is 3.57. The summed E-state index contributed by atoms with van der Waals surface area (Å²) in [4.78, 5) is 14.7. The van der Waals surface area contributed by atoms with E-state index < -0.39 is 12.0 Å². The van der Waals surface area contributed by atoms with E-state index in [1.165, 1.54) is 0 Å². The highest BCUT2D eigenvalue weighted by Crippen LogP contribution is 2.39. The molecule has 1 atom stereocenters. The number of nitriles is 1. The molecule has 0 saturated heterocycles. The SMILES string of the molecule is N#Cc1c(Br)cccc1N1CCc2sccc2C1C(=O)O. The first kappa shape index (κ1) is 14.1. The van der Waals surface area contributed by atoms with E-state index in [2.05, 4.69) is 22.0 Å². The van der Waals surface area contributed by atoms with Gasteiger partial charge >= 0.3 is 5.97 Å². The Hall–Kier alpha value is -1.84. The highest BCUT2D eigenvalue weighted by Gasteiger charge is 2.35. The first-order valence-corrected chi connectivity index (χ1v) is 8.05. The monoisotopic (exact) mass is 362 g/mol. The summed E-state index contributed by atoms with van der Waals surface area (Å²) in [5.74, 6) is -0.891. The van der Waals surface area contributed by atoms with Crippen LogP contribution in [0.5, 0.6) is 0 Å². The van der Waals surface area contributed by atoms with Crippen molar-refractivity contribution in [3.63, 3.8) is 0 Å². The Morgan fingerprint density at radius 2 is 2.29 bits per heavy atom. The summed E-state index contributed by atoms with van der Waals surface area (Å²) in [6, 6.07) is 8.71. The third-order valence-electron chi connectivity index (χ3n) is 3.61. The molecule has 0 saturated carbocycles. The molecule has 106 valence electrons. The summed E-state index contributed by atoms with van der Waals surface area (Å²) in [5.41, 5.74) is 1.97. The van der Waals surface area contributed by atoms with Gasteiger partial charge in [0.05, 0.1) is 11.3 Å². The summed E-state index contributed by atoms with van der Waals surface area (Å²) in [7, 11) is 0. The molecule has 0 aliphatic carbocycles. The number of aliphatic carboxylic acids is 1. The van der Waals surface area contributed by atoms with E-state index in [9.17, 15) is 15.2 Å². The number of nitrogens with zero attached hydrogens (tertiary/aromatic N) is 2. The zero-order chi connectivity index (χ0) is 15.0. The smallest absolute Gasteiger partial charge is 0.331 e. The minimum atomic E-state index is -0.891. The molecule has 1 aliphatic heterocycles. The second-order valence-corrected chi connectivity index (χ2v) is 6.58. The van der Waals surface area contributed by atoms with Crippen molar-refractivity contribution in [3.05, 3.63) is 50.1 Å². The van der Waals surface area contributed by atoms with Crippen LogP contribution in [-0.2, 0) is 11.2 Å². The van der Waals surface area contributed by atoms with Gasteiger partial charge in [0.25, 0.3) is 0 Å². The fourth-order valence-corrected chi connectivity index (χ4v) is 4.05. The van der Waals surface area contributed by atoms with Crippen LogP contribution in [0, 0.1) is 11.3 Å². The lowest BCUT2D eigenvalue weighted by molar-refractivity contribution is -0.138. The van der Waals surface area contributed by atoms with Crippen LogP contribution in [-0.4, -0.2) is 17.6 Å². The average molecular weight is 363 g/mol. The number of fused-ring (bicyclic) bond motifs is 1. The molecule has 0 bridgehead atoms. The first-order chi connectivity index (χ1) is 10.1. The zero-order valence-corrected chi connectivity index (χ0v) is 13.3. The van der Waals surface area contributed by atoms with Crippen LogP contribution in [0.4, 0.5) is 5.69 Å². The van der Waals surface area contributed by atoms with Gasteiger partial charge in [-0.15, -0.1) is 11.3 Å². The van der Waals surface area contributed by atoms with Gasteiger partial charge in [-0.3, -0.25) is 0 Å². The highest BCUT2D eigenvalue weighted by atomic mass is 79.9. The quantitative estimate of drug-likeness (QED) is 0.886. The topological polar surface area (TPSA) is 64.3 Å². The van der Waals surface area contributed by atoms with Gasteiger partial charge in [0.15, 0.2) is 6.04 Å². The number of carboxylic acids is 1. The normalized spacial score (nSPS) is 17.1. The highest BCUT2D eigenvalue weighted by molar-refractivity contribution is 9.10. The number of benzene rings is 1. The van der Waals surface area contributed by atoms with E-state index in [1.54, 1.807) is 28.4 Å². The maximum absolute atomic E-state index is 11.8. The van der Waals surface area contributed by atoms with Gasteiger partial charge in [0.2, 0.25) is 0 Å². The first-order valence-electron chi connectivity index (χ1n) is 6.38. The predicted molar refractivity (Wildman–Crippen MR) is 84.6 cm³/mol. The summed E-state index contributed by atoms with van der Waals surface area (Å²) < 4.78 is 0.683. The molecule has 2 heterocycles. The number of hydrogen-bond acceptors (Lipinski definition) is 4. The van der Waals surface area contributed by atoms with Crippen LogP contribution >= 0.6 is 27.3 Å². The second-order valence-electron chi connectivity index (χ2n) is 4.73. The van der Waals surface area contributed by atoms with Crippen molar-refractivity contribution < 1.29 is 9.90 Å². The molecule has 6 heteroatoms. The van der Waals surface area contributed by atoms with Gasteiger partial charge in [-0.05, 0) is 51.5 Å². The molecule has 1 aromatic heterocycles. The summed E-state index contributed by atoms with van der Waals surface area (Å²) in [6.45, 7) is 0.593. The molecule has 21 heavy (non-hydrogen) atoms. The minimum Gasteiger partial charge on any atom is -0.479 e. The minimum absolute atomic E-state index is 0.474. The molecular formula is C15H11BrN2O2S. The molecule has 0 radical (unpaired) electrons. The Balaban J connectivity index is 2.13. The Kier molecular flexibility index (Phi) is 3.70. The molecule has 1 unspecified atom stereocenters. The van der Waals surface area contributed by atoms with Crippen molar-refractivity contribution in [1.82, 2.24) is 0 Å².